The van der Waals surface area contributed by atoms with E-state index in [-0.39, 0.29) is 17.9 Å². The predicted octanol–water partition coefficient (Wildman–Crippen LogP) is 2.54. The zero-order valence-corrected chi connectivity index (χ0v) is 13.2. The van der Waals surface area contributed by atoms with E-state index in [1.807, 2.05) is 13.8 Å². The van der Waals surface area contributed by atoms with E-state index < -0.39 is 0 Å². The second kappa shape index (κ2) is 7.26. The maximum atomic E-state index is 12.0. The van der Waals surface area contributed by atoms with Gasteiger partial charge in [-0.3, -0.25) is 4.79 Å². The Kier molecular flexibility index (Phi) is 5.38. The summed E-state index contributed by atoms with van der Waals surface area (Å²) >= 11 is 0. The van der Waals surface area contributed by atoms with E-state index >= 15 is 0 Å². The van der Waals surface area contributed by atoms with E-state index in [4.69, 9.17) is 9.47 Å². The number of carbonyl (C=O) groups is 2. The molecule has 120 valence electrons. The lowest BCUT2D eigenvalue weighted by atomic mass is 10.1. The first-order chi connectivity index (χ1) is 10.5. The van der Waals surface area contributed by atoms with E-state index in [0.717, 1.165) is 0 Å². The van der Waals surface area contributed by atoms with E-state index in [0.29, 0.717) is 43.3 Å². The fourth-order valence-electron chi connectivity index (χ4n) is 2.07. The average Bonchev–Trinajstić information content (AvgIpc) is 3.31. The number of hydrogen-bond donors (Lipinski definition) is 1. The van der Waals surface area contributed by atoms with Crippen LogP contribution in [0.3, 0.4) is 0 Å². The number of anilines is 1. The quantitative estimate of drug-likeness (QED) is 0.621. The molecule has 1 aliphatic heterocycles. The van der Waals surface area contributed by atoms with Crippen molar-refractivity contribution in [1.82, 2.24) is 4.90 Å². The van der Waals surface area contributed by atoms with Crippen molar-refractivity contribution < 1.29 is 19.1 Å². The lowest BCUT2D eigenvalue weighted by Crippen LogP contribution is -2.34. The fraction of sp³-hybridized carbons (Fsp3) is 0.500. The van der Waals surface area contributed by atoms with E-state index in [1.165, 1.54) is 6.92 Å². The molecule has 22 heavy (non-hydrogen) atoms. The van der Waals surface area contributed by atoms with Crippen molar-refractivity contribution in [2.24, 2.45) is 0 Å². The fourth-order valence-corrected chi connectivity index (χ4v) is 2.07. The molecule has 0 radical (unpaired) electrons. The first-order valence-corrected chi connectivity index (χ1v) is 7.50. The highest BCUT2D eigenvalue weighted by Gasteiger charge is 2.24. The van der Waals surface area contributed by atoms with Crippen LogP contribution in [0.25, 0.3) is 0 Å². The monoisotopic (exact) mass is 306 g/mol. The normalized spacial score (nSPS) is 16.0. The minimum absolute atomic E-state index is 0.106. The van der Waals surface area contributed by atoms with Crippen LogP contribution in [0, 0.1) is 0 Å². The van der Waals surface area contributed by atoms with Crippen molar-refractivity contribution in [3.63, 3.8) is 0 Å². The van der Waals surface area contributed by atoms with Crippen LogP contribution >= 0.6 is 0 Å². The summed E-state index contributed by atoms with van der Waals surface area (Å²) in [5, 5.41) is 2.80. The summed E-state index contributed by atoms with van der Waals surface area (Å²) in [6.07, 6.45) is 0.127. The number of amides is 2. The van der Waals surface area contributed by atoms with Crippen LogP contribution in [0.2, 0.25) is 0 Å². The molecule has 1 N–H and O–H groups in total. The zero-order valence-electron chi connectivity index (χ0n) is 13.2. The Balaban J connectivity index is 2.10. The molecule has 1 atom stereocenters. The summed E-state index contributed by atoms with van der Waals surface area (Å²) in [6.45, 7) is 7.71. The van der Waals surface area contributed by atoms with Crippen LogP contribution in [-0.4, -0.2) is 49.1 Å². The highest BCUT2D eigenvalue weighted by atomic mass is 16.6. The number of rotatable bonds is 7. The number of epoxide rings is 1. The molecule has 1 fully saturated rings. The van der Waals surface area contributed by atoms with Crippen LogP contribution in [-0.2, 0) is 4.74 Å². The lowest BCUT2D eigenvalue weighted by molar-refractivity contribution is 0.101. The number of nitrogens with zero attached hydrogens (tertiary/aromatic N) is 1. The maximum Gasteiger partial charge on any atom is 0.321 e. The van der Waals surface area contributed by atoms with Gasteiger partial charge in [0.2, 0.25) is 0 Å². The van der Waals surface area contributed by atoms with Crippen LogP contribution in [0.5, 0.6) is 5.75 Å². The van der Waals surface area contributed by atoms with Crippen LogP contribution in [0.4, 0.5) is 10.5 Å². The molecule has 0 aromatic heterocycles. The minimum Gasteiger partial charge on any atom is -0.490 e. The van der Waals surface area contributed by atoms with Gasteiger partial charge in [-0.2, -0.15) is 0 Å². The average molecular weight is 306 g/mol. The van der Waals surface area contributed by atoms with Gasteiger partial charge in [-0.05, 0) is 39.0 Å². The molecule has 1 saturated heterocycles. The van der Waals surface area contributed by atoms with Gasteiger partial charge in [-0.1, -0.05) is 0 Å². The summed E-state index contributed by atoms with van der Waals surface area (Å²) < 4.78 is 10.7. The van der Waals surface area contributed by atoms with Gasteiger partial charge in [0.05, 0.1) is 12.2 Å². The molecule has 0 bridgehead atoms. The maximum absolute atomic E-state index is 12.0. The van der Waals surface area contributed by atoms with Gasteiger partial charge in [0.25, 0.3) is 0 Å². The summed E-state index contributed by atoms with van der Waals surface area (Å²) in [7, 11) is 0. The third-order valence-corrected chi connectivity index (χ3v) is 3.49. The first-order valence-electron chi connectivity index (χ1n) is 7.50. The van der Waals surface area contributed by atoms with Gasteiger partial charge in [-0.15, -0.1) is 0 Å². The van der Waals surface area contributed by atoms with Gasteiger partial charge in [-0.25, -0.2) is 4.79 Å². The third-order valence-electron chi connectivity index (χ3n) is 3.49. The highest BCUT2D eigenvalue weighted by molar-refractivity contribution is 5.99. The number of nitrogens with one attached hydrogen (secondary N) is 1. The molecule has 6 heteroatoms. The summed E-state index contributed by atoms with van der Waals surface area (Å²) in [5.74, 6) is 0.412. The molecular formula is C16H22N2O4. The van der Waals surface area contributed by atoms with E-state index in [2.05, 4.69) is 5.32 Å². The van der Waals surface area contributed by atoms with Gasteiger partial charge in [0.1, 0.15) is 18.5 Å². The molecule has 1 unspecified atom stereocenters. The Labute approximate surface area is 130 Å². The zero-order chi connectivity index (χ0) is 16.1. The minimum atomic E-state index is -0.181. The molecule has 0 saturated carbocycles. The molecule has 1 aromatic carbocycles. The molecular weight excluding hydrogens is 284 g/mol. The molecule has 1 heterocycles. The molecule has 2 amide bonds. The Hall–Kier alpha value is -2.08. The first kappa shape index (κ1) is 16.3. The van der Waals surface area contributed by atoms with Crippen LogP contribution in [0.15, 0.2) is 18.2 Å². The molecule has 1 aliphatic rings. The van der Waals surface area contributed by atoms with Crippen molar-refractivity contribution in [3.05, 3.63) is 23.8 Å². The smallest absolute Gasteiger partial charge is 0.321 e. The number of benzene rings is 1. The van der Waals surface area contributed by atoms with Crippen LogP contribution < -0.4 is 10.1 Å². The number of carbonyl (C=O) groups excluding carboxylic acids is 2. The van der Waals surface area contributed by atoms with Crippen LogP contribution in [0.1, 0.15) is 31.1 Å². The van der Waals surface area contributed by atoms with Gasteiger partial charge < -0.3 is 19.7 Å². The van der Waals surface area contributed by atoms with Gasteiger partial charge in [0, 0.05) is 18.8 Å². The summed E-state index contributed by atoms with van der Waals surface area (Å²) in [6, 6.07) is 4.90. The molecule has 2 rings (SSSR count). The molecule has 0 aliphatic carbocycles. The summed E-state index contributed by atoms with van der Waals surface area (Å²) in [5.41, 5.74) is 1.04. The van der Waals surface area contributed by atoms with Gasteiger partial charge >= 0.3 is 6.03 Å². The number of hydrogen-bond acceptors (Lipinski definition) is 4. The van der Waals surface area contributed by atoms with Crippen molar-refractivity contribution in [3.8, 4) is 5.75 Å². The van der Waals surface area contributed by atoms with Crippen molar-refractivity contribution in [1.29, 1.82) is 0 Å². The van der Waals surface area contributed by atoms with Crippen molar-refractivity contribution in [2.75, 3.05) is 31.6 Å². The second-order valence-electron chi connectivity index (χ2n) is 5.14. The topological polar surface area (TPSA) is 71.2 Å². The summed E-state index contributed by atoms with van der Waals surface area (Å²) in [4.78, 5) is 25.5. The number of Topliss-reactive ketones (excluding diaryl/α,β-unsaturated/α-hetero) is 1. The molecule has 1 aromatic rings. The Morgan fingerprint density at radius 2 is 2.05 bits per heavy atom. The van der Waals surface area contributed by atoms with E-state index in [9.17, 15) is 9.59 Å². The Morgan fingerprint density at radius 3 is 2.59 bits per heavy atom. The number of ketones is 1. The molecule has 6 nitrogen and oxygen atoms in total. The SMILES string of the molecule is CCN(CC)C(=O)Nc1ccc(OCC2CO2)c(C(C)=O)c1. The predicted molar refractivity (Wildman–Crippen MR) is 83.6 cm³/mol. The Bertz CT molecular complexity index is 551. The standard InChI is InChI=1S/C16H22N2O4/c1-4-18(5-2)16(20)17-12-6-7-15(14(8-12)11(3)19)22-10-13-9-21-13/h6-8,13H,4-5,9-10H2,1-3H3,(H,17,20). The van der Waals surface area contributed by atoms with Crippen molar-refractivity contribution in [2.45, 2.75) is 26.9 Å². The Morgan fingerprint density at radius 1 is 1.36 bits per heavy atom. The molecule has 0 spiro atoms. The number of ether oxygens (including phenoxy) is 2. The largest absolute Gasteiger partial charge is 0.490 e. The van der Waals surface area contributed by atoms with E-state index in [1.54, 1.807) is 23.1 Å². The highest BCUT2D eigenvalue weighted by Crippen LogP contribution is 2.25. The number of urea groups is 1. The second-order valence-corrected chi connectivity index (χ2v) is 5.14. The lowest BCUT2D eigenvalue weighted by Gasteiger charge is -2.19. The third kappa shape index (κ3) is 4.21. The van der Waals surface area contributed by atoms with Crippen molar-refractivity contribution >= 4 is 17.5 Å². The van der Waals surface area contributed by atoms with Gasteiger partial charge in [0.15, 0.2) is 5.78 Å².